The topological polar surface area (TPSA) is 75.7 Å². The summed E-state index contributed by atoms with van der Waals surface area (Å²) in [5.41, 5.74) is 6.77. The molecule has 0 radical (unpaired) electrons. The van der Waals surface area contributed by atoms with Crippen molar-refractivity contribution in [2.75, 3.05) is 5.73 Å². The lowest BCUT2D eigenvalue weighted by Crippen LogP contribution is -2.00. The number of rotatable bonds is 1. The summed E-state index contributed by atoms with van der Waals surface area (Å²) in [6.07, 6.45) is 2.54. The molecule has 0 bridgehead atoms. The molecule has 1 rings (SSSR count). The van der Waals surface area contributed by atoms with Gasteiger partial charge in [0.2, 0.25) is 0 Å². The maximum absolute atomic E-state index is 6.94. The molecule has 0 spiro atoms. The maximum Gasteiger partial charge on any atom is 0.135 e. The number of hydrogen-bond acceptors (Lipinski definition) is 4. The van der Waals surface area contributed by atoms with Crippen molar-refractivity contribution < 1.29 is 0 Å². The summed E-state index contributed by atoms with van der Waals surface area (Å²) in [5, 5.41) is 6.94. The number of nitrogens with two attached hydrogens (primary N) is 1. The van der Waals surface area contributed by atoms with Gasteiger partial charge in [-0.15, -0.1) is 0 Å². The average Bonchev–Trinajstić information content (AvgIpc) is 2.08. The molecule has 0 aliphatic heterocycles. The summed E-state index contributed by atoms with van der Waals surface area (Å²) < 4.78 is 0. The van der Waals surface area contributed by atoms with E-state index in [1.54, 1.807) is 6.92 Å². The van der Waals surface area contributed by atoms with Crippen LogP contribution in [0.3, 0.4) is 0 Å². The largest absolute Gasteiger partial charge is 0.383 e. The van der Waals surface area contributed by atoms with Crippen LogP contribution >= 0.6 is 0 Å². The van der Waals surface area contributed by atoms with Crippen molar-refractivity contribution in [3.8, 4) is 0 Å². The Hall–Kier alpha value is -1.45. The Kier molecular flexibility index (Phi) is 4.60. The lowest BCUT2D eigenvalue weighted by atomic mass is 10.2. The van der Waals surface area contributed by atoms with Crippen molar-refractivity contribution >= 4 is 12.0 Å². The zero-order valence-electron chi connectivity index (χ0n) is 7.63. The van der Waals surface area contributed by atoms with Gasteiger partial charge in [-0.3, -0.25) is 0 Å². The van der Waals surface area contributed by atoms with Gasteiger partial charge in [-0.2, -0.15) is 0 Å². The van der Waals surface area contributed by atoms with Crippen molar-refractivity contribution in [3.63, 3.8) is 0 Å². The van der Waals surface area contributed by atoms with Crippen molar-refractivity contribution in [1.29, 1.82) is 5.41 Å². The van der Waals surface area contributed by atoms with Gasteiger partial charge in [-0.1, -0.05) is 13.8 Å². The molecule has 0 atom stereocenters. The van der Waals surface area contributed by atoms with Crippen LogP contribution in [0, 0.1) is 12.3 Å². The van der Waals surface area contributed by atoms with Crippen molar-refractivity contribution in [3.05, 3.63) is 17.6 Å². The lowest BCUT2D eigenvalue weighted by Gasteiger charge is -1.98. The van der Waals surface area contributed by atoms with Gasteiger partial charge in [-0.25, -0.2) is 9.97 Å². The van der Waals surface area contributed by atoms with Crippen molar-refractivity contribution in [2.24, 2.45) is 0 Å². The predicted octanol–water partition coefficient (Wildman–Crippen LogP) is 1.39. The number of nitrogen functional groups attached to an aromatic ring is 1. The van der Waals surface area contributed by atoms with E-state index in [0.29, 0.717) is 11.4 Å². The van der Waals surface area contributed by atoms with E-state index >= 15 is 0 Å². The molecule has 0 saturated heterocycles. The van der Waals surface area contributed by atoms with Crippen molar-refractivity contribution in [2.45, 2.75) is 20.8 Å². The molecule has 0 aliphatic rings. The van der Waals surface area contributed by atoms with E-state index in [4.69, 9.17) is 11.1 Å². The molecule has 1 aromatic heterocycles. The van der Waals surface area contributed by atoms with Gasteiger partial charge in [-0.05, 0) is 6.92 Å². The van der Waals surface area contributed by atoms with Crippen LogP contribution < -0.4 is 5.73 Å². The molecule has 0 amide bonds. The molecule has 66 valence electrons. The molecule has 3 N–H and O–H groups in total. The second-order valence-electron chi connectivity index (χ2n) is 1.90. The van der Waals surface area contributed by atoms with Gasteiger partial charge in [0.15, 0.2) is 0 Å². The first-order chi connectivity index (χ1) is 5.75. The molecule has 4 nitrogen and oxygen atoms in total. The molecule has 0 aromatic carbocycles. The third-order valence-electron chi connectivity index (χ3n) is 1.26. The highest BCUT2D eigenvalue weighted by molar-refractivity contribution is 5.84. The quantitative estimate of drug-likeness (QED) is 0.619. The summed E-state index contributed by atoms with van der Waals surface area (Å²) in [4.78, 5) is 7.59. The highest BCUT2D eigenvalue weighted by Gasteiger charge is 1.99. The number of nitrogens with one attached hydrogen (secondary N) is 1. The first kappa shape index (κ1) is 10.6. The number of nitrogens with zero attached hydrogens (tertiary/aromatic N) is 2. The van der Waals surface area contributed by atoms with Crippen LogP contribution in [0.5, 0.6) is 0 Å². The first-order valence-corrected chi connectivity index (χ1v) is 3.83. The van der Waals surface area contributed by atoms with E-state index < -0.39 is 0 Å². The van der Waals surface area contributed by atoms with E-state index in [0.717, 1.165) is 11.9 Å². The van der Waals surface area contributed by atoms with Gasteiger partial charge in [0.1, 0.15) is 12.1 Å². The summed E-state index contributed by atoms with van der Waals surface area (Å²) in [5.74, 6) is 0.363. The van der Waals surface area contributed by atoms with E-state index in [9.17, 15) is 0 Å². The van der Waals surface area contributed by atoms with Crippen LogP contribution in [0.25, 0.3) is 0 Å². The number of hydrogen-bond donors (Lipinski definition) is 2. The Morgan fingerprint density at radius 3 is 2.33 bits per heavy atom. The molecule has 12 heavy (non-hydrogen) atoms. The second kappa shape index (κ2) is 5.23. The smallest absolute Gasteiger partial charge is 0.135 e. The molecule has 1 aromatic rings. The van der Waals surface area contributed by atoms with Crippen LogP contribution in [0.15, 0.2) is 6.33 Å². The van der Waals surface area contributed by atoms with Gasteiger partial charge in [0.05, 0.1) is 11.3 Å². The van der Waals surface area contributed by atoms with Crippen molar-refractivity contribution in [1.82, 2.24) is 9.97 Å². The molecule has 0 fully saturated rings. The van der Waals surface area contributed by atoms with E-state index in [1.165, 1.54) is 6.33 Å². The average molecular weight is 166 g/mol. The molecule has 0 saturated carbocycles. The van der Waals surface area contributed by atoms with E-state index in [2.05, 4.69) is 9.97 Å². The van der Waals surface area contributed by atoms with E-state index in [1.807, 2.05) is 13.8 Å². The van der Waals surface area contributed by atoms with Crippen LogP contribution in [0.4, 0.5) is 5.82 Å². The molecular formula is C8H14N4. The predicted molar refractivity (Wildman–Crippen MR) is 50.4 cm³/mol. The normalized spacial score (nSPS) is 8.25. The molecule has 1 heterocycles. The van der Waals surface area contributed by atoms with Gasteiger partial charge >= 0.3 is 0 Å². The fraction of sp³-hybridized carbons (Fsp3) is 0.375. The lowest BCUT2D eigenvalue weighted by molar-refractivity contribution is 1.10. The monoisotopic (exact) mass is 166 g/mol. The second-order valence-corrected chi connectivity index (χ2v) is 1.90. The highest BCUT2D eigenvalue weighted by atomic mass is 14.9. The molecule has 4 heteroatoms. The van der Waals surface area contributed by atoms with Crippen LogP contribution in [0.1, 0.15) is 25.1 Å². The third kappa shape index (κ3) is 2.30. The fourth-order valence-electron chi connectivity index (χ4n) is 0.680. The van der Waals surface area contributed by atoms with Gasteiger partial charge in [0, 0.05) is 6.21 Å². The minimum atomic E-state index is 0.363. The van der Waals surface area contributed by atoms with Gasteiger partial charge in [0.25, 0.3) is 0 Å². The zero-order valence-corrected chi connectivity index (χ0v) is 7.63. The standard InChI is InChI=1S/C6H8N4.C2H6/c1-4-5(2-7)6(8)10-3-9-4;1-2/h2-3,7H,1H3,(H2,8,9,10);1-2H3. The SMILES string of the molecule is CC.Cc1ncnc(N)c1C=N. The maximum atomic E-state index is 6.94. The van der Waals surface area contributed by atoms with Crippen LogP contribution in [-0.2, 0) is 0 Å². The van der Waals surface area contributed by atoms with Crippen LogP contribution in [-0.4, -0.2) is 16.2 Å². The summed E-state index contributed by atoms with van der Waals surface area (Å²) in [7, 11) is 0. The fourth-order valence-corrected chi connectivity index (χ4v) is 0.680. The number of anilines is 1. The summed E-state index contributed by atoms with van der Waals surface area (Å²) in [6, 6.07) is 0. The Bertz CT molecular complexity index is 237. The Labute approximate surface area is 72.4 Å². The summed E-state index contributed by atoms with van der Waals surface area (Å²) in [6.45, 7) is 5.79. The van der Waals surface area contributed by atoms with Crippen LogP contribution in [0.2, 0.25) is 0 Å². The Balaban J connectivity index is 0.000000561. The van der Waals surface area contributed by atoms with E-state index in [-0.39, 0.29) is 0 Å². The molecule has 0 aliphatic carbocycles. The van der Waals surface area contributed by atoms with Gasteiger partial charge < -0.3 is 11.1 Å². The first-order valence-electron chi connectivity index (χ1n) is 3.83. The third-order valence-corrected chi connectivity index (χ3v) is 1.26. The summed E-state index contributed by atoms with van der Waals surface area (Å²) >= 11 is 0. The zero-order chi connectivity index (χ0) is 9.56. The number of aromatic nitrogens is 2. The Morgan fingerprint density at radius 2 is 2.00 bits per heavy atom. The molecular weight excluding hydrogens is 152 g/mol. The Morgan fingerprint density at radius 1 is 1.42 bits per heavy atom. The minimum Gasteiger partial charge on any atom is -0.383 e. The highest BCUT2D eigenvalue weighted by Crippen LogP contribution is 2.06. The molecule has 0 unspecified atom stereocenters. The minimum absolute atomic E-state index is 0.363. The number of aryl methyl sites for hydroxylation is 1.